The molecule has 0 bridgehead atoms. The van der Waals surface area contributed by atoms with Crippen LogP contribution in [0.25, 0.3) is 0 Å². The number of ether oxygens (including phenoxy) is 1. The SMILES string of the molecule is CCCOCC(=O)NCC1CCCC1O. The number of hydrogen-bond acceptors (Lipinski definition) is 3. The highest BCUT2D eigenvalue weighted by Gasteiger charge is 2.25. The van der Waals surface area contributed by atoms with Crippen molar-refractivity contribution in [2.45, 2.75) is 38.7 Å². The van der Waals surface area contributed by atoms with Crippen molar-refractivity contribution in [3.63, 3.8) is 0 Å². The fourth-order valence-electron chi connectivity index (χ4n) is 1.86. The maximum atomic E-state index is 11.3. The number of amides is 1. The van der Waals surface area contributed by atoms with E-state index in [1.54, 1.807) is 0 Å². The van der Waals surface area contributed by atoms with Gasteiger partial charge >= 0.3 is 0 Å². The highest BCUT2D eigenvalue weighted by Crippen LogP contribution is 2.24. The molecule has 1 rings (SSSR count). The minimum absolute atomic E-state index is 0.0810. The molecule has 88 valence electrons. The van der Waals surface area contributed by atoms with E-state index in [1.807, 2.05) is 6.92 Å². The number of rotatable bonds is 6. The molecule has 0 aromatic heterocycles. The van der Waals surface area contributed by atoms with Gasteiger partial charge in [-0.25, -0.2) is 0 Å². The zero-order valence-electron chi connectivity index (χ0n) is 9.37. The van der Waals surface area contributed by atoms with Gasteiger partial charge in [0.05, 0.1) is 6.10 Å². The first-order chi connectivity index (χ1) is 7.24. The van der Waals surface area contributed by atoms with Gasteiger partial charge in [0.2, 0.25) is 5.91 Å². The van der Waals surface area contributed by atoms with E-state index in [0.29, 0.717) is 13.2 Å². The molecule has 0 aliphatic heterocycles. The van der Waals surface area contributed by atoms with Gasteiger partial charge in [-0.3, -0.25) is 4.79 Å². The lowest BCUT2D eigenvalue weighted by atomic mass is 10.1. The summed E-state index contributed by atoms with van der Waals surface area (Å²) in [6.07, 6.45) is 3.63. The smallest absolute Gasteiger partial charge is 0.246 e. The number of nitrogens with one attached hydrogen (secondary N) is 1. The lowest BCUT2D eigenvalue weighted by Crippen LogP contribution is -2.34. The molecule has 0 aromatic rings. The predicted octanol–water partition coefficient (Wildman–Crippen LogP) is 0.690. The monoisotopic (exact) mass is 215 g/mol. The Labute approximate surface area is 91.0 Å². The molecule has 1 saturated carbocycles. The van der Waals surface area contributed by atoms with Gasteiger partial charge in [-0.05, 0) is 19.3 Å². The van der Waals surface area contributed by atoms with Crippen LogP contribution in [0.1, 0.15) is 32.6 Å². The zero-order chi connectivity index (χ0) is 11.1. The van der Waals surface area contributed by atoms with Gasteiger partial charge in [0.1, 0.15) is 6.61 Å². The molecule has 2 unspecified atom stereocenters. The first-order valence-corrected chi connectivity index (χ1v) is 5.76. The molecule has 0 saturated heterocycles. The molecule has 1 fully saturated rings. The largest absolute Gasteiger partial charge is 0.393 e. The molecule has 0 aromatic carbocycles. The Kier molecular flexibility index (Phi) is 5.65. The molecule has 0 heterocycles. The summed E-state index contributed by atoms with van der Waals surface area (Å²) in [7, 11) is 0. The van der Waals surface area contributed by atoms with Crippen LogP contribution >= 0.6 is 0 Å². The Morgan fingerprint density at radius 2 is 2.33 bits per heavy atom. The highest BCUT2D eigenvalue weighted by atomic mass is 16.5. The molecule has 0 spiro atoms. The van der Waals surface area contributed by atoms with E-state index in [1.165, 1.54) is 0 Å². The van der Waals surface area contributed by atoms with Crippen LogP contribution in [0, 0.1) is 5.92 Å². The lowest BCUT2D eigenvalue weighted by Gasteiger charge is -2.14. The summed E-state index contributed by atoms with van der Waals surface area (Å²) in [4.78, 5) is 11.3. The Bertz CT molecular complexity index is 196. The molecular formula is C11H21NO3. The van der Waals surface area contributed by atoms with Crippen LogP contribution in [0.3, 0.4) is 0 Å². The third-order valence-electron chi connectivity index (χ3n) is 2.76. The van der Waals surface area contributed by atoms with Gasteiger partial charge in [-0.2, -0.15) is 0 Å². The first-order valence-electron chi connectivity index (χ1n) is 5.76. The van der Waals surface area contributed by atoms with Crippen molar-refractivity contribution < 1.29 is 14.6 Å². The molecule has 2 N–H and O–H groups in total. The van der Waals surface area contributed by atoms with Crippen LogP contribution in [0.5, 0.6) is 0 Å². The van der Waals surface area contributed by atoms with E-state index < -0.39 is 0 Å². The van der Waals surface area contributed by atoms with E-state index in [9.17, 15) is 9.90 Å². The molecule has 0 radical (unpaired) electrons. The predicted molar refractivity (Wildman–Crippen MR) is 57.5 cm³/mol. The zero-order valence-corrected chi connectivity index (χ0v) is 9.37. The van der Waals surface area contributed by atoms with E-state index in [0.717, 1.165) is 25.7 Å². The quantitative estimate of drug-likeness (QED) is 0.641. The summed E-state index contributed by atoms with van der Waals surface area (Å²) < 4.78 is 5.11. The van der Waals surface area contributed by atoms with Crippen molar-refractivity contribution in [1.29, 1.82) is 0 Å². The van der Waals surface area contributed by atoms with Crippen LogP contribution in [0.4, 0.5) is 0 Å². The van der Waals surface area contributed by atoms with Gasteiger partial charge in [0.25, 0.3) is 0 Å². The number of aliphatic hydroxyl groups excluding tert-OH is 1. The van der Waals surface area contributed by atoms with E-state index in [2.05, 4.69) is 5.32 Å². The van der Waals surface area contributed by atoms with E-state index in [-0.39, 0.29) is 24.5 Å². The minimum Gasteiger partial charge on any atom is -0.393 e. The Balaban J connectivity index is 2.05. The third kappa shape index (κ3) is 4.62. The number of aliphatic hydroxyl groups is 1. The second-order valence-corrected chi connectivity index (χ2v) is 4.11. The molecule has 1 aliphatic rings. The average molecular weight is 215 g/mol. The topological polar surface area (TPSA) is 58.6 Å². The summed E-state index contributed by atoms with van der Waals surface area (Å²) in [5.74, 6) is 0.155. The molecular weight excluding hydrogens is 194 g/mol. The van der Waals surface area contributed by atoms with Gasteiger partial charge in [-0.1, -0.05) is 13.3 Å². The maximum absolute atomic E-state index is 11.3. The Morgan fingerprint density at radius 1 is 1.53 bits per heavy atom. The number of carbonyl (C=O) groups excluding carboxylic acids is 1. The molecule has 4 nitrogen and oxygen atoms in total. The van der Waals surface area contributed by atoms with Gasteiger partial charge < -0.3 is 15.2 Å². The summed E-state index contributed by atoms with van der Waals surface area (Å²) >= 11 is 0. The van der Waals surface area contributed by atoms with Gasteiger partial charge in [0, 0.05) is 19.1 Å². The first kappa shape index (κ1) is 12.5. The van der Waals surface area contributed by atoms with Crippen molar-refractivity contribution in [3.8, 4) is 0 Å². The summed E-state index contributed by atoms with van der Waals surface area (Å²) in [5, 5.41) is 12.3. The van der Waals surface area contributed by atoms with Crippen LogP contribution in [-0.2, 0) is 9.53 Å². The average Bonchev–Trinajstić information content (AvgIpc) is 2.61. The fourth-order valence-corrected chi connectivity index (χ4v) is 1.86. The van der Waals surface area contributed by atoms with Crippen molar-refractivity contribution in [1.82, 2.24) is 5.32 Å². The van der Waals surface area contributed by atoms with Crippen molar-refractivity contribution in [2.24, 2.45) is 5.92 Å². The van der Waals surface area contributed by atoms with Crippen LogP contribution < -0.4 is 5.32 Å². The fraction of sp³-hybridized carbons (Fsp3) is 0.909. The normalized spacial score (nSPS) is 25.5. The highest BCUT2D eigenvalue weighted by molar-refractivity contribution is 5.77. The molecule has 1 amide bonds. The molecule has 2 atom stereocenters. The lowest BCUT2D eigenvalue weighted by molar-refractivity contribution is -0.126. The van der Waals surface area contributed by atoms with Crippen LogP contribution in [0.15, 0.2) is 0 Å². The van der Waals surface area contributed by atoms with Crippen molar-refractivity contribution in [2.75, 3.05) is 19.8 Å². The number of hydrogen-bond donors (Lipinski definition) is 2. The second kappa shape index (κ2) is 6.80. The molecule has 15 heavy (non-hydrogen) atoms. The maximum Gasteiger partial charge on any atom is 0.246 e. The van der Waals surface area contributed by atoms with Crippen LogP contribution in [-0.4, -0.2) is 36.9 Å². The van der Waals surface area contributed by atoms with Gasteiger partial charge in [0.15, 0.2) is 0 Å². The summed E-state index contributed by atoms with van der Waals surface area (Å²) in [5.41, 5.74) is 0. The Morgan fingerprint density at radius 3 is 2.93 bits per heavy atom. The van der Waals surface area contributed by atoms with E-state index >= 15 is 0 Å². The van der Waals surface area contributed by atoms with Crippen molar-refractivity contribution >= 4 is 5.91 Å². The van der Waals surface area contributed by atoms with E-state index in [4.69, 9.17) is 4.74 Å². The van der Waals surface area contributed by atoms with Crippen LogP contribution in [0.2, 0.25) is 0 Å². The molecule has 4 heteroatoms. The summed E-state index contributed by atoms with van der Waals surface area (Å²) in [6, 6.07) is 0. The molecule has 1 aliphatic carbocycles. The summed E-state index contributed by atoms with van der Waals surface area (Å²) in [6.45, 7) is 3.35. The second-order valence-electron chi connectivity index (χ2n) is 4.11. The van der Waals surface area contributed by atoms with Gasteiger partial charge in [-0.15, -0.1) is 0 Å². The Hall–Kier alpha value is -0.610. The number of carbonyl (C=O) groups is 1. The van der Waals surface area contributed by atoms with Crippen molar-refractivity contribution in [3.05, 3.63) is 0 Å². The third-order valence-corrected chi connectivity index (χ3v) is 2.76. The standard InChI is InChI=1S/C11H21NO3/c1-2-6-15-8-11(14)12-7-9-4-3-5-10(9)13/h9-10,13H,2-8H2,1H3,(H,12,14). The minimum atomic E-state index is -0.234.